The zero-order chi connectivity index (χ0) is 11.5. The second-order valence-corrected chi connectivity index (χ2v) is 5.42. The van der Waals surface area contributed by atoms with Crippen LogP contribution in [0.4, 0.5) is 0 Å². The molecule has 4 heteroatoms. The SMILES string of the molecule is CCCOCC(=O)N1C2CCC1CC(Cl)C2. The Bertz CT molecular complexity index is 245. The molecule has 0 aliphatic carbocycles. The van der Waals surface area contributed by atoms with Gasteiger partial charge in [0.1, 0.15) is 6.61 Å². The van der Waals surface area contributed by atoms with Crippen molar-refractivity contribution in [1.29, 1.82) is 0 Å². The molecule has 0 N–H and O–H groups in total. The highest BCUT2D eigenvalue weighted by Crippen LogP contribution is 2.37. The van der Waals surface area contributed by atoms with E-state index in [0.717, 1.165) is 32.1 Å². The molecule has 2 fully saturated rings. The Morgan fingerprint density at radius 1 is 1.38 bits per heavy atom. The molecule has 92 valence electrons. The number of amides is 1. The van der Waals surface area contributed by atoms with Crippen LogP contribution in [0.25, 0.3) is 0 Å². The molecule has 2 rings (SSSR count). The van der Waals surface area contributed by atoms with Crippen LogP contribution in [0.1, 0.15) is 39.0 Å². The molecule has 0 aromatic heterocycles. The van der Waals surface area contributed by atoms with Crippen molar-refractivity contribution < 1.29 is 9.53 Å². The van der Waals surface area contributed by atoms with Crippen molar-refractivity contribution >= 4 is 17.5 Å². The smallest absolute Gasteiger partial charge is 0.249 e. The molecule has 0 spiro atoms. The van der Waals surface area contributed by atoms with Gasteiger partial charge in [-0.25, -0.2) is 0 Å². The van der Waals surface area contributed by atoms with Gasteiger partial charge in [0.05, 0.1) is 0 Å². The highest BCUT2D eigenvalue weighted by atomic mass is 35.5. The Balaban J connectivity index is 1.87. The summed E-state index contributed by atoms with van der Waals surface area (Å²) >= 11 is 6.17. The van der Waals surface area contributed by atoms with E-state index in [1.54, 1.807) is 0 Å². The molecule has 2 aliphatic rings. The second-order valence-electron chi connectivity index (χ2n) is 4.81. The average Bonchev–Trinajstić information content (AvgIpc) is 2.52. The van der Waals surface area contributed by atoms with Crippen LogP contribution >= 0.6 is 11.6 Å². The Labute approximate surface area is 102 Å². The van der Waals surface area contributed by atoms with Gasteiger partial charge < -0.3 is 9.64 Å². The summed E-state index contributed by atoms with van der Waals surface area (Å²) in [5.41, 5.74) is 0. The number of alkyl halides is 1. The minimum absolute atomic E-state index is 0.157. The molecule has 0 aromatic rings. The van der Waals surface area contributed by atoms with Gasteiger partial charge in [0, 0.05) is 24.1 Å². The third kappa shape index (κ3) is 2.51. The van der Waals surface area contributed by atoms with Crippen LogP contribution in [0.3, 0.4) is 0 Å². The predicted octanol–water partition coefficient (Wildman–Crippen LogP) is 2.17. The first-order chi connectivity index (χ1) is 7.72. The first-order valence-electron chi connectivity index (χ1n) is 6.25. The van der Waals surface area contributed by atoms with Gasteiger partial charge in [0.25, 0.3) is 0 Å². The van der Waals surface area contributed by atoms with E-state index in [-0.39, 0.29) is 17.9 Å². The Morgan fingerprint density at radius 2 is 2.00 bits per heavy atom. The van der Waals surface area contributed by atoms with Crippen LogP contribution in [0.15, 0.2) is 0 Å². The summed E-state index contributed by atoms with van der Waals surface area (Å²) in [6, 6.07) is 0.748. The molecular weight excluding hydrogens is 226 g/mol. The third-order valence-corrected chi connectivity index (χ3v) is 3.89. The highest BCUT2D eigenvalue weighted by Gasteiger charge is 2.42. The molecule has 0 aromatic carbocycles. The number of fused-ring (bicyclic) bond motifs is 2. The summed E-state index contributed by atoms with van der Waals surface area (Å²) in [5.74, 6) is 0.157. The van der Waals surface area contributed by atoms with Crippen LogP contribution in [-0.2, 0) is 9.53 Å². The highest BCUT2D eigenvalue weighted by molar-refractivity contribution is 6.20. The van der Waals surface area contributed by atoms with E-state index >= 15 is 0 Å². The number of halogens is 1. The van der Waals surface area contributed by atoms with Crippen molar-refractivity contribution in [2.45, 2.75) is 56.5 Å². The normalized spacial score (nSPS) is 33.1. The lowest BCUT2D eigenvalue weighted by Gasteiger charge is -2.37. The van der Waals surface area contributed by atoms with E-state index in [4.69, 9.17) is 16.3 Å². The summed E-state index contributed by atoms with van der Waals surface area (Å²) in [6.07, 6.45) is 5.11. The molecule has 2 atom stereocenters. The maximum atomic E-state index is 12.0. The first kappa shape index (κ1) is 12.2. The van der Waals surface area contributed by atoms with E-state index in [9.17, 15) is 4.79 Å². The zero-order valence-corrected chi connectivity index (χ0v) is 10.6. The largest absolute Gasteiger partial charge is 0.372 e. The molecule has 2 saturated heterocycles. The van der Waals surface area contributed by atoms with Gasteiger partial charge >= 0.3 is 0 Å². The van der Waals surface area contributed by atoms with Crippen molar-refractivity contribution in [3.8, 4) is 0 Å². The predicted molar refractivity (Wildman–Crippen MR) is 63.6 cm³/mol. The topological polar surface area (TPSA) is 29.5 Å². The van der Waals surface area contributed by atoms with Crippen LogP contribution < -0.4 is 0 Å². The fraction of sp³-hybridized carbons (Fsp3) is 0.917. The van der Waals surface area contributed by atoms with Crippen LogP contribution in [0.2, 0.25) is 0 Å². The molecule has 0 radical (unpaired) electrons. The van der Waals surface area contributed by atoms with Gasteiger partial charge in [-0.2, -0.15) is 0 Å². The molecular formula is C12H20ClNO2. The van der Waals surface area contributed by atoms with Crippen molar-refractivity contribution in [3.63, 3.8) is 0 Å². The minimum atomic E-state index is 0.157. The van der Waals surface area contributed by atoms with Gasteiger partial charge in [0.15, 0.2) is 0 Å². The molecule has 16 heavy (non-hydrogen) atoms. The molecule has 2 bridgehead atoms. The zero-order valence-electron chi connectivity index (χ0n) is 9.82. The monoisotopic (exact) mass is 245 g/mol. The number of hydrogen-bond acceptors (Lipinski definition) is 2. The number of carbonyl (C=O) groups is 1. The van der Waals surface area contributed by atoms with E-state index in [1.165, 1.54) is 0 Å². The Morgan fingerprint density at radius 3 is 2.56 bits per heavy atom. The van der Waals surface area contributed by atoms with E-state index in [1.807, 2.05) is 11.8 Å². The van der Waals surface area contributed by atoms with Gasteiger partial charge in [-0.05, 0) is 32.1 Å². The standard InChI is InChI=1S/C12H20ClNO2/c1-2-5-16-8-12(15)14-10-3-4-11(14)7-9(13)6-10/h9-11H,2-8H2,1H3. The Hall–Kier alpha value is -0.280. The van der Waals surface area contributed by atoms with Crippen LogP contribution in [-0.4, -0.2) is 41.5 Å². The summed E-state index contributed by atoms with van der Waals surface area (Å²) in [5, 5.41) is 0.262. The molecule has 2 aliphatic heterocycles. The molecule has 0 saturated carbocycles. The number of rotatable bonds is 4. The molecule has 3 nitrogen and oxygen atoms in total. The quantitative estimate of drug-likeness (QED) is 0.561. The lowest BCUT2D eigenvalue weighted by Crippen LogP contribution is -2.48. The molecule has 1 amide bonds. The lowest BCUT2D eigenvalue weighted by molar-refractivity contribution is -0.140. The Kier molecular flexibility index (Phi) is 4.09. The summed E-state index contributed by atoms with van der Waals surface area (Å²) in [7, 11) is 0. The third-order valence-electron chi connectivity index (χ3n) is 3.54. The van der Waals surface area contributed by atoms with E-state index in [0.29, 0.717) is 18.7 Å². The summed E-state index contributed by atoms with van der Waals surface area (Å²) < 4.78 is 5.32. The van der Waals surface area contributed by atoms with Crippen molar-refractivity contribution in [3.05, 3.63) is 0 Å². The lowest BCUT2D eigenvalue weighted by atomic mass is 10.0. The number of carbonyl (C=O) groups excluding carboxylic acids is 1. The van der Waals surface area contributed by atoms with Crippen LogP contribution in [0.5, 0.6) is 0 Å². The number of hydrogen-bond donors (Lipinski definition) is 0. The van der Waals surface area contributed by atoms with Crippen molar-refractivity contribution in [1.82, 2.24) is 4.90 Å². The first-order valence-corrected chi connectivity index (χ1v) is 6.69. The summed E-state index contributed by atoms with van der Waals surface area (Å²) in [4.78, 5) is 14.0. The minimum Gasteiger partial charge on any atom is -0.372 e. The number of piperidine rings is 1. The molecule has 2 heterocycles. The fourth-order valence-corrected chi connectivity index (χ4v) is 3.31. The van der Waals surface area contributed by atoms with Crippen molar-refractivity contribution in [2.24, 2.45) is 0 Å². The second kappa shape index (κ2) is 5.37. The van der Waals surface area contributed by atoms with Crippen LogP contribution in [0, 0.1) is 0 Å². The van der Waals surface area contributed by atoms with E-state index in [2.05, 4.69) is 0 Å². The fourth-order valence-electron chi connectivity index (χ4n) is 2.90. The average molecular weight is 246 g/mol. The number of nitrogens with zero attached hydrogens (tertiary/aromatic N) is 1. The van der Waals surface area contributed by atoms with Gasteiger partial charge in [-0.1, -0.05) is 6.92 Å². The summed E-state index contributed by atoms with van der Waals surface area (Å²) in [6.45, 7) is 2.97. The van der Waals surface area contributed by atoms with Crippen molar-refractivity contribution in [2.75, 3.05) is 13.2 Å². The molecule has 2 unspecified atom stereocenters. The van der Waals surface area contributed by atoms with Gasteiger partial charge in [0.2, 0.25) is 5.91 Å². The van der Waals surface area contributed by atoms with Gasteiger partial charge in [-0.15, -0.1) is 11.6 Å². The maximum Gasteiger partial charge on any atom is 0.249 e. The van der Waals surface area contributed by atoms with Gasteiger partial charge in [-0.3, -0.25) is 4.79 Å². The number of ether oxygens (including phenoxy) is 1. The van der Waals surface area contributed by atoms with E-state index < -0.39 is 0 Å². The maximum absolute atomic E-state index is 12.0.